The molecule has 9 atom stereocenters. The second-order valence-corrected chi connectivity index (χ2v) is 13.4. The molecule has 2 bridgehead atoms. The van der Waals surface area contributed by atoms with E-state index in [-0.39, 0.29) is 30.4 Å². The lowest BCUT2D eigenvalue weighted by Gasteiger charge is -2.50. The number of ether oxygens (including phenoxy) is 4. The molecule has 0 radical (unpaired) electrons. The number of hydrogen-bond acceptors (Lipinski definition) is 8. The quantitative estimate of drug-likeness (QED) is 0.182. The second-order valence-electron chi connectivity index (χ2n) is 13.4. The smallest absolute Gasteiger partial charge is 0.316 e. The van der Waals surface area contributed by atoms with Gasteiger partial charge in [0.1, 0.15) is 29.4 Å². The van der Waals surface area contributed by atoms with Crippen molar-refractivity contribution in [3.05, 3.63) is 47.1 Å². The molecule has 3 saturated heterocycles. The summed E-state index contributed by atoms with van der Waals surface area (Å²) in [6.07, 6.45) is 12.6. The van der Waals surface area contributed by atoms with Crippen molar-refractivity contribution < 1.29 is 34.1 Å². The van der Waals surface area contributed by atoms with Crippen LogP contribution in [0.25, 0.3) is 0 Å². The van der Waals surface area contributed by atoms with Crippen LogP contribution in [0.3, 0.4) is 0 Å². The predicted molar refractivity (Wildman–Crippen MR) is 155 cm³/mol. The highest BCUT2D eigenvalue weighted by Gasteiger charge is 2.59. The van der Waals surface area contributed by atoms with Crippen LogP contribution in [0.5, 0.6) is 0 Å². The van der Waals surface area contributed by atoms with E-state index in [1.165, 1.54) is 5.57 Å². The van der Waals surface area contributed by atoms with E-state index in [1.54, 1.807) is 13.0 Å². The van der Waals surface area contributed by atoms with Gasteiger partial charge in [0.25, 0.3) is 0 Å². The zero-order chi connectivity index (χ0) is 29.5. The molecule has 4 aliphatic heterocycles. The molecular formula is C33H47NO7. The number of fused-ring (bicyclic) bond motifs is 2. The Morgan fingerprint density at radius 3 is 2.66 bits per heavy atom. The van der Waals surface area contributed by atoms with Crippen molar-refractivity contribution in [3.63, 3.8) is 0 Å². The van der Waals surface area contributed by atoms with Gasteiger partial charge in [0.15, 0.2) is 5.79 Å². The molecule has 0 saturated carbocycles. The lowest BCUT2D eigenvalue weighted by atomic mass is 9.71. The van der Waals surface area contributed by atoms with Crippen LogP contribution < -0.4 is 0 Å². The van der Waals surface area contributed by atoms with Crippen molar-refractivity contribution in [2.24, 2.45) is 28.8 Å². The molecule has 2 N–H and O–H groups in total. The molecule has 0 amide bonds. The number of oxime groups is 1. The fourth-order valence-corrected chi connectivity index (χ4v) is 7.48. The van der Waals surface area contributed by atoms with Crippen LogP contribution in [0.2, 0.25) is 0 Å². The van der Waals surface area contributed by atoms with Gasteiger partial charge in [-0.15, -0.1) is 0 Å². The maximum absolute atomic E-state index is 14.0. The summed E-state index contributed by atoms with van der Waals surface area (Å²) in [6, 6.07) is 0. The summed E-state index contributed by atoms with van der Waals surface area (Å²) in [5.41, 5.74) is 0.914. The number of rotatable bonds is 1. The molecule has 0 unspecified atom stereocenters. The van der Waals surface area contributed by atoms with E-state index in [1.807, 2.05) is 12.2 Å². The van der Waals surface area contributed by atoms with Gasteiger partial charge in [-0.1, -0.05) is 68.8 Å². The van der Waals surface area contributed by atoms with E-state index in [9.17, 15) is 15.1 Å². The highest BCUT2D eigenvalue weighted by Crippen LogP contribution is 2.47. The number of esters is 1. The van der Waals surface area contributed by atoms with Crippen molar-refractivity contribution in [2.75, 3.05) is 6.61 Å². The summed E-state index contributed by atoms with van der Waals surface area (Å²) in [6.45, 7) is 12.8. The lowest BCUT2D eigenvalue weighted by molar-refractivity contribution is -0.340. The first-order chi connectivity index (χ1) is 19.5. The Morgan fingerprint density at radius 1 is 1.15 bits per heavy atom. The van der Waals surface area contributed by atoms with Crippen LogP contribution in [-0.2, 0) is 23.7 Å². The van der Waals surface area contributed by atoms with Gasteiger partial charge < -0.3 is 29.3 Å². The van der Waals surface area contributed by atoms with E-state index in [0.717, 1.165) is 19.3 Å². The fraction of sp³-hybridized carbons (Fsp3) is 0.697. The third-order valence-corrected chi connectivity index (χ3v) is 9.61. The van der Waals surface area contributed by atoms with Gasteiger partial charge in [-0.05, 0) is 62.0 Å². The Labute approximate surface area is 244 Å². The monoisotopic (exact) mass is 569 g/mol. The average molecular weight is 570 g/mol. The normalized spacial score (nSPS) is 42.9. The molecule has 8 nitrogen and oxygen atoms in total. The molecule has 1 aliphatic carbocycles. The molecule has 0 aromatic heterocycles. The topological polar surface area (TPSA) is 107 Å². The molecular weight excluding hydrogens is 522 g/mol. The molecule has 1 spiro atoms. The average Bonchev–Trinajstić information content (AvgIpc) is 3.24. The Morgan fingerprint density at radius 2 is 1.93 bits per heavy atom. The minimum Gasteiger partial charge on any atom is -0.462 e. The summed E-state index contributed by atoms with van der Waals surface area (Å²) < 4.78 is 25.7. The SMILES string of the molecule is CC1=CC[C@@H]2C[C@@H](C[C@]3(CC[C@H](C)[C@@H](C(C)C)O3)O2)OC(=O)[C@@H]2C=C(C)/C(=N/O)[C@H]3OCC(=CC=C[C@H](C)C1)[C@]32O. The molecule has 3 fully saturated rings. The number of aliphatic hydroxyl groups is 1. The first-order valence-corrected chi connectivity index (χ1v) is 15.3. The number of carbonyl (C=O) groups is 1. The van der Waals surface area contributed by atoms with Crippen LogP contribution in [-0.4, -0.2) is 64.4 Å². The number of allylic oxidation sites excluding steroid dienone is 4. The lowest BCUT2D eigenvalue weighted by Crippen LogP contribution is -2.57. The van der Waals surface area contributed by atoms with Gasteiger partial charge in [0.2, 0.25) is 0 Å². The molecule has 5 aliphatic rings. The molecule has 41 heavy (non-hydrogen) atoms. The zero-order valence-corrected chi connectivity index (χ0v) is 25.3. The van der Waals surface area contributed by atoms with E-state index in [2.05, 4.69) is 51.9 Å². The summed E-state index contributed by atoms with van der Waals surface area (Å²) in [5.74, 6) is -1.31. The first kappa shape index (κ1) is 30.2. The molecule has 8 heteroatoms. The van der Waals surface area contributed by atoms with Gasteiger partial charge in [-0.25, -0.2) is 0 Å². The highest BCUT2D eigenvalue weighted by atomic mass is 16.7. The maximum Gasteiger partial charge on any atom is 0.316 e. The van der Waals surface area contributed by atoms with Gasteiger partial charge in [-0.3, -0.25) is 4.79 Å². The number of carbonyl (C=O) groups excluding carboxylic acids is 1. The maximum atomic E-state index is 14.0. The largest absolute Gasteiger partial charge is 0.462 e. The third kappa shape index (κ3) is 5.85. The van der Waals surface area contributed by atoms with Crippen LogP contribution in [0.15, 0.2) is 52.3 Å². The van der Waals surface area contributed by atoms with Crippen molar-refractivity contribution in [2.45, 2.75) is 116 Å². The zero-order valence-electron chi connectivity index (χ0n) is 25.3. The molecule has 5 rings (SSSR count). The molecule has 0 aromatic rings. The standard InChI is InChI=1S/C33H47NO7/c1-19(2)29-22(5)12-13-32(41-29)17-26-16-25(40-32)11-10-21(4)14-20(3)8-7-9-24-18-38-30-28(34-37)23(6)15-27(31(35)39-26)33(24,30)36/h7-10,15,19-20,22,25-27,29-30,36-37H,11-14,16-18H2,1-6H3/b8-7?,21-10?,24-9?,34-28-/t20-,22-,25+,26-,27-,29+,30+,32+,33+/m0/s1. The van der Waals surface area contributed by atoms with Gasteiger partial charge >= 0.3 is 5.97 Å². The van der Waals surface area contributed by atoms with E-state index >= 15 is 0 Å². The third-order valence-electron chi connectivity index (χ3n) is 9.61. The summed E-state index contributed by atoms with van der Waals surface area (Å²) in [5, 5.41) is 25.4. The fourth-order valence-electron chi connectivity index (χ4n) is 7.48. The molecule has 226 valence electrons. The minimum atomic E-state index is -1.72. The Kier molecular flexibility index (Phi) is 8.68. The van der Waals surface area contributed by atoms with Crippen LogP contribution in [0.1, 0.15) is 80.1 Å². The summed E-state index contributed by atoms with van der Waals surface area (Å²) >= 11 is 0. The summed E-state index contributed by atoms with van der Waals surface area (Å²) in [7, 11) is 0. The van der Waals surface area contributed by atoms with Crippen molar-refractivity contribution in [3.8, 4) is 0 Å². The van der Waals surface area contributed by atoms with Crippen LogP contribution >= 0.6 is 0 Å². The Hall–Kier alpha value is -2.26. The van der Waals surface area contributed by atoms with Crippen molar-refractivity contribution in [1.29, 1.82) is 0 Å². The predicted octanol–water partition coefficient (Wildman–Crippen LogP) is 5.64. The first-order valence-electron chi connectivity index (χ1n) is 15.3. The van der Waals surface area contributed by atoms with Crippen molar-refractivity contribution in [1.82, 2.24) is 0 Å². The van der Waals surface area contributed by atoms with E-state index in [4.69, 9.17) is 18.9 Å². The Bertz CT molecular complexity index is 1170. The van der Waals surface area contributed by atoms with Crippen molar-refractivity contribution >= 4 is 11.7 Å². The molecule has 0 aromatic carbocycles. The Balaban J connectivity index is 1.53. The number of hydrogen-bond donors (Lipinski definition) is 2. The highest BCUT2D eigenvalue weighted by molar-refractivity contribution is 6.06. The van der Waals surface area contributed by atoms with E-state index in [0.29, 0.717) is 42.2 Å². The second kappa shape index (κ2) is 11.8. The van der Waals surface area contributed by atoms with Gasteiger partial charge in [-0.2, -0.15) is 0 Å². The summed E-state index contributed by atoms with van der Waals surface area (Å²) in [4.78, 5) is 14.0. The van der Waals surface area contributed by atoms with Crippen LogP contribution in [0.4, 0.5) is 0 Å². The van der Waals surface area contributed by atoms with E-state index < -0.39 is 35.5 Å². The minimum absolute atomic E-state index is 0.0616. The molecule has 4 heterocycles. The van der Waals surface area contributed by atoms with Gasteiger partial charge in [0.05, 0.1) is 18.8 Å². The number of nitrogens with zero attached hydrogens (tertiary/aromatic N) is 1. The van der Waals surface area contributed by atoms with Crippen LogP contribution in [0, 0.1) is 23.7 Å². The van der Waals surface area contributed by atoms with Gasteiger partial charge in [0, 0.05) is 19.3 Å².